The average molecular weight is 516 g/mol. The van der Waals surface area contributed by atoms with Crippen molar-refractivity contribution in [1.29, 1.82) is 0 Å². The van der Waals surface area contributed by atoms with Gasteiger partial charge in [-0.2, -0.15) is 0 Å². The quantitative estimate of drug-likeness (QED) is 0.283. The molecular formula is C32H33N7. The lowest BCUT2D eigenvalue weighted by Crippen LogP contribution is -2.42. The molecule has 0 amide bonds. The van der Waals surface area contributed by atoms with E-state index in [1.54, 1.807) is 6.33 Å². The molecule has 2 aliphatic rings. The number of anilines is 1. The molecule has 3 aromatic carbocycles. The summed E-state index contributed by atoms with van der Waals surface area (Å²) in [6.45, 7) is 9.31. The first-order valence-corrected chi connectivity index (χ1v) is 13.8. The number of aromatic amines is 1. The molecule has 0 aliphatic carbocycles. The van der Waals surface area contributed by atoms with Gasteiger partial charge in [-0.3, -0.25) is 4.90 Å². The molecule has 0 spiro atoms. The van der Waals surface area contributed by atoms with Crippen molar-refractivity contribution in [1.82, 2.24) is 30.2 Å². The molecule has 0 saturated carbocycles. The Morgan fingerprint density at radius 2 is 1.64 bits per heavy atom. The molecule has 2 aliphatic heterocycles. The molecule has 196 valence electrons. The van der Waals surface area contributed by atoms with Crippen LogP contribution in [0.5, 0.6) is 0 Å². The van der Waals surface area contributed by atoms with Crippen LogP contribution in [0.4, 0.5) is 5.69 Å². The molecule has 0 unspecified atom stereocenters. The lowest BCUT2D eigenvalue weighted by molar-refractivity contribution is 0.233. The molecule has 7 rings (SSSR count). The van der Waals surface area contributed by atoms with Gasteiger partial charge in [-0.25, -0.2) is 15.0 Å². The van der Waals surface area contributed by atoms with Crippen molar-refractivity contribution in [3.8, 4) is 22.5 Å². The van der Waals surface area contributed by atoms with Gasteiger partial charge in [0.1, 0.15) is 12.0 Å². The zero-order chi connectivity index (χ0) is 26.2. The third-order valence-corrected chi connectivity index (χ3v) is 8.01. The smallest absolute Gasteiger partial charge is 0.141 e. The zero-order valence-corrected chi connectivity index (χ0v) is 22.2. The fourth-order valence-electron chi connectivity index (χ4n) is 5.82. The second-order valence-corrected chi connectivity index (χ2v) is 10.6. The van der Waals surface area contributed by atoms with Crippen molar-refractivity contribution >= 4 is 16.7 Å². The van der Waals surface area contributed by atoms with Gasteiger partial charge in [-0.05, 0) is 46.9 Å². The van der Waals surface area contributed by atoms with Crippen LogP contribution in [0.2, 0.25) is 0 Å². The number of benzene rings is 3. The average Bonchev–Trinajstić information content (AvgIpc) is 3.59. The Hall–Kier alpha value is -4.04. The number of rotatable bonds is 6. The summed E-state index contributed by atoms with van der Waals surface area (Å²) >= 11 is 0. The molecular weight excluding hydrogens is 482 g/mol. The Labute approximate surface area is 228 Å². The van der Waals surface area contributed by atoms with Crippen LogP contribution < -0.4 is 10.7 Å². The van der Waals surface area contributed by atoms with Crippen LogP contribution in [0, 0.1) is 6.92 Å². The largest absolute Gasteiger partial charge is 0.339 e. The standard InChI is InChI=1S/C32H33N7/c1-22-27(7-4-8-29(22)37-39-19-25-5-2-3-6-26(25)20-39)31-28-17-30(36-32(28)35-21-34-31)24-11-9-23(10-12-24)18-38-15-13-33-14-16-38/h2-12,17,21,33,37H,13-16,18-20H2,1H3,(H,34,35,36). The maximum absolute atomic E-state index is 4.75. The fourth-order valence-corrected chi connectivity index (χ4v) is 5.82. The highest BCUT2D eigenvalue weighted by Crippen LogP contribution is 2.34. The second kappa shape index (κ2) is 10.3. The number of hydrogen-bond acceptors (Lipinski definition) is 6. The minimum absolute atomic E-state index is 0.854. The summed E-state index contributed by atoms with van der Waals surface area (Å²) in [7, 11) is 0. The highest BCUT2D eigenvalue weighted by molar-refractivity contribution is 5.95. The summed E-state index contributed by atoms with van der Waals surface area (Å²) in [5, 5.41) is 6.73. The molecule has 5 aromatic rings. The highest BCUT2D eigenvalue weighted by atomic mass is 15.5. The number of H-pyrrole nitrogens is 1. The van der Waals surface area contributed by atoms with Crippen molar-refractivity contribution in [2.45, 2.75) is 26.6 Å². The zero-order valence-electron chi connectivity index (χ0n) is 22.2. The summed E-state index contributed by atoms with van der Waals surface area (Å²) in [5.41, 5.74) is 15.2. The van der Waals surface area contributed by atoms with Crippen LogP contribution in [-0.2, 0) is 19.6 Å². The molecule has 1 fully saturated rings. The summed E-state index contributed by atoms with van der Waals surface area (Å²) < 4.78 is 0. The molecule has 0 radical (unpaired) electrons. The minimum Gasteiger partial charge on any atom is -0.339 e. The van der Waals surface area contributed by atoms with E-state index in [4.69, 9.17) is 4.98 Å². The van der Waals surface area contributed by atoms with E-state index in [-0.39, 0.29) is 0 Å². The van der Waals surface area contributed by atoms with Crippen molar-refractivity contribution in [2.75, 3.05) is 31.6 Å². The molecule has 7 nitrogen and oxygen atoms in total. The van der Waals surface area contributed by atoms with Crippen molar-refractivity contribution < 1.29 is 0 Å². The lowest BCUT2D eigenvalue weighted by atomic mass is 10.0. The van der Waals surface area contributed by atoms with Crippen LogP contribution in [0.3, 0.4) is 0 Å². The van der Waals surface area contributed by atoms with Crippen LogP contribution in [0.25, 0.3) is 33.5 Å². The molecule has 3 N–H and O–H groups in total. The summed E-state index contributed by atoms with van der Waals surface area (Å²) in [4.78, 5) is 15.3. The Bertz CT molecular complexity index is 1590. The van der Waals surface area contributed by atoms with E-state index in [2.05, 4.69) is 110 Å². The maximum atomic E-state index is 4.75. The number of nitrogens with zero attached hydrogens (tertiary/aromatic N) is 4. The van der Waals surface area contributed by atoms with Gasteiger partial charge >= 0.3 is 0 Å². The minimum atomic E-state index is 0.854. The van der Waals surface area contributed by atoms with Crippen molar-refractivity contribution in [3.05, 3.63) is 101 Å². The number of hydrogen-bond donors (Lipinski definition) is 3. The SMILES string of the molecule is Cc1c(NN2Cc3ccccc3C2)cccc1-c1ncnc2[nH]c(-c3ccc(CN4CCNCC4)cc3)cc12. The Kier molecular flexibility index (Phi) is 6.32. The Morgan fingerprint density at radius 3 is 2.41 bits per heavy atom. The molecule has 0 bridgehead atoms. The van der Waals surface area contributed by atoms with Gasteiger partial charge in [0.05, 0.1) is 11.4 Å². The van der Waals surface area contributed by atoms with E-state index in [1.165, 1.54) is 22.3 Å². The third-order valence-electron chi connectivity index (χ3n) is 8.01. The Morgan fingerprint density at radius 1 is 0.872 bits per heavy atom. The van der Waals surface area contributed by atoms with Gasteiger partial charge in [0.25, 0.3) is 0 Å². The van der Waals surface area contributed by atoms with E-state index in [1.807, 2.05) is 0 Å². The molecule has 2 aromatic heterocycles. The molecule has 39 heavy (non-hydrogen) atoms. The fraction of sp³-hybridized carbons (Fsp3) is 0.250. The number of aromatic nitrogens is 3. The summed E-state index contributed by atoms with van der Waals surface area (Å²) in [5.74, 6) is 0. The Balaban J connectivity index is 1.14. The monoisotopic (exact) mass is 515 g/mol. The van der Waals surface area contributed by atoms with Crippen molar-refractivity contribution in [2.24, 2.45) is 0 Å². The van der Waals surface area contributed by atoms with Gasteiger partial charge in [-0.15, -0.1) is 0 Å². The number of piperazine rings is 1. The van der Waals surface area contributed by atoms with Gasteiger partial charge in [0.15, 0.2) is 0 Å². The van der Waals surface area contributed by atoms with E-state index < -0.39 is 0 Å². The van der Waals surface area contributed by atoms with Crippen molar-refractivity contribution in [3.63, 3.8) is 0 Å². The van der Waals surface area contributed by atoms with Gasteiger partial charge in [-0.1, -0.05) is 60.7 Å². The van der Waals surface area contributed by atoms with Gasteiger partial charge in [0.2, 0.25) is 0 Å². The number of nitrogens with one attached hydrogen (secondary N) is 3. The van der Waals surface area contributed by atoms with Crippen LogP contribution >= 0.6 is 0 Å². The normalized spacial score (nSPS) is 16.0. The van der Waals surface area contributed by atoms with Gasteiger partial charge in [0, 0.05) is 62.5 Å². The third kappa shape index (κ3) is 4.81. The van der Waals surface area contributed by atoms with Crippen LogP contribution in [0.15, 0.2) is 79.1 Å². The first kappa shape index (κ1) is 24.0. The van der Waals surface area contributed by atoms with E-state index in [0.717, 1.165) is 85.0 Å². The first-order valence-electron chi connectivity index (χ1n) is 13.8. The van der Waals surface area contributed by atoms with Crippen LogP contribution in [-0.4, -0.2) is 51.0 Å². The predicted octanol–water partition coefficient (Wildman–Crippen LogP) is 5.35. The van der Waals surface area contributed by atoms with Crippen LogP contribution in [0.1, 0.15) is 22.3 Å². The summed E-state index contributed by atoms with van der Waals surface area (Å²) in [6, 6.07) is 26.1. The topological polar surface area (TPSA) is 72.1 Å². The number of fused-ring (bicyclic) bond motifs is 2. The van der Waals surface area contributed by atoms with E-state index >= 15 is 0 Å². The summed E-state index contributed by atoms with van der Waals surface area (Å²) in [6.07, 6.45) is 1.66. The van der Waals surface area contributed by atoms with E-state index in [9.17, 15) is 0 Å². The molecule has 0 atom stereocenters. The second-order valence-electron chi connectivity index (χ2n) is 10.6. The van der Waals surface area contributed by atoms with E-state index in [0.29, 0.717) is 0 Å². The lowest BCUT2D eigenvalue weighted by Gasteiger charge is -2.27. The van der Waals surface area contributed by atoms with Gasteiger partial charge < -0.3 is 15.7 Å². The first-order chi connectivity index (χ1) is 19.2. The highest BCUT2D eigenvalue weighted by Gasteiger charge is 2.20. The number of hydrazine groups is 1. The predicted molar refractivity (Wildman–Crippen MR) is 157 cm³/mol. The maximum Gasteiger partial charge on any atom is 0.141 e. The molecule has 4 heterocycles. The molecule has 1 saturated heterocycles. The molecule has 7 heteroatoms.